The molecule has 0 atom stereocenters. The molecule has 100 valence electrons. The first-order valence-corrected chi connectivity index (χ1v) is 7.75. The van der Waals surface area contributed by atoms with Crippen molar-refractivity contribution < 1.29 is 0 Å². The Kier molecular flexibility index (Phi) is 3.80. The molecule has 0 aliphatic rings. The molecule has 0 saturated heterocycles. The van der Waals surface area contributed by atoms with Crippen molar-refractivity contribution in [2.24, 2.45) is 0 Å². The third-order valence-electron chi connectivity index (χ3n) is 2.88. The van der Waals surface area contributed by atoms with E-state index in [1.54, 1.807) is 11.3 Å². The van der Waals surface area contributed by atoms with Crippen molar-refractivity contribution in [2.75, 3.05) is 5.32 Å². The SMILES string of the molecule is Cc1ccc(Br)cc1-c1nnc(Nc2ccccc2)s1. The van der Waals surface area contributed by atoms with Crippen LogP contribution in [0.4, 0.5) is 10.8 Å². The summed E-state index contributed by atoms with van der Waals surface area (Å²) in [5, 5.41) is 13.4. The maximum atomic E-state index is 4.27. The van der Waals surface area contributed by atoms with Gasteiger partial charge in [0.25, 0.3) is 0 Å². The van der Waals surface area contributed by atoms with Gasteiger partial charge in [-0.25, -0.2) is 0 Å². The van der Waals surface area contributed by atoms with Gasteiger partial charge in [-0.1, -0.05) is 51.5 Å². The number of hydrogen-bond acceptors (Lipinski definition) is 4. The summed E-state index contributed by atoms with van der Waals surface area (Å²) in [6, 6.07) is 16.2. The van der Waals surface area contributed by atoms with E-state index < -0.39 is 0 Å². The van der Waals surface area contributed by atoms with Crippen LogP contribution in [0.15, 0.2) is 53.0 Å². The van der Waals surface area contributed by atoms with Crippen LogP contribution in [0.1, 0.15) is 5.56 Å². The van der Waals surface area contributed by atoms with Crippen LogP contribution in [0.5, 0.6) is 0 Å². The van der Waals surface area contributed by atoms with Gasteiger partial charge in [0.2, 0.25) is 5.13 Å². The van der Waals surface area contributed by atoms with Crippen molar-refractivity contribution in [2.45, 2.75) is 6.92 Å². The number of nitrogens with one attached hydrogen (secondary N) is 1. The van der Waals surface area contributed by atoms with E-state index in [-0.39, 0.29) is 0 Å². The monoisotopic (exact) mass is 345 g/mol. The van der Waals surface area contributed by atoms with Crippen molar-refractivity contribution in [3.05, 3.63) is 58.6 Å². The maximum Gasteiger partial charge on any atom is 0.210 e. The summed E-state index contributed by atoms with van der Waals surface area (Å²) in [5.74, 6) is 0. The Morgan fingerprint density at radius 2 is 1.85 bits per heavy atom. The number of hydrogen-bond donors (Lipinski definition) is 1. The fraction of sp³-hybridized carbons (Fsp3) is 0.0667. The molecule has 3 aromatic rings. The van der Waals surface area contributed by atoms with E-state index in [1.165, 1.54) is 5.56 Å². The predicted octanol–water partition coefficient (Wildman–Crippen LogP) is 5.02. The highest BCUT2D eigenvalue weighted by Gasteiger charge is 2.09. The third kappa shape index (κ3) is 2.89. The summed E-state index contributed by atoms with van der Waals surface area (Å²) in [5.41, 5.74) is 3.31. The van der Waals surface area contributed by atoms with Gasteiger partial charge >= 0.3 is 0 Å². The number of anilines is 2. The lowest BCUT2D eigenvalue weighted by Gasteiger charge is -2.02. The summed E-state index contributed by atoms with van der Waals surface area (Å²) in [4.78, 5) is 0. The smallest absolute Gasteiger partial charge is 0.210 e. The molecule has 1 aromatic heterocycles. The second kappa shape index (κ2) is 5.73. The molecule has 20 heavy (non-hydrogen) atoms. The number of para-hydroxylation sites is 1. The molecule has 0 unspecified atom stereocenters. The van der Waals surface area contributed by atoms with Crippen molar-refractivity contribution in [3.8, 4) is 10.6 Å². The Bertz CT molecular complexity index is 725. The van der Waals surface area contributed by atoms with E-state index in [9.17, 15) is 0 Å². The molecular weight excluding hydrogens is 334 g/mol. The highest BCUT2D eigenvalue weighted by molar-refractivity contribution is 9.10. The number of halogens is 1. The van der Waals surface area contributed by atoms with Crippen LogP contribution in [0.25, 0.3) is 10.6 Å². The first-order valence-electron chi connectivity index (χ1n) is 6.14. The lowest BCUT2D eigenvalue weighted by molar-refractivity contribution is 1.09. The van der Waals surface area contributed by atoms with Crippen LogP contribution in [-0.4, -0.2) is 10.2 Å². The van der Waals surface area contributed by atoms with Gasteiger partial charge in [0, 0.05) is 15.7 Å². The second-order valence-corrected chi connectivity index (χ2v) is 6.26. The number of aryl methyl sites for hydroxylation is 1. The van der Waals surface area contributed by atoms with Crippen molar-refractivity contribution >= 4 is 38.1 Å². The maximum absolute atomic E-state index is 4.27. The topological polar surface area (TPSA) is 37.8 Å². The lowest BCUT2D eigenvalue weighted by Crippen LogP contribution is -1.87. The summed E-state index contributed by atoms with van der Waals surface area (Å²) in [7, 11) is 0. The number of nitrogens with zero attached hydrogens (tertiary/aromatic N) is 2. The second-order valence-electron chi connectivity index (χ2n) is 4.36. The van der Waals surface area contributed by atoms with E-state index in [0.29, 0.717) is 0 Å². The highest BCUT2D eigenvalue weighted by atomic mass is 79.9. The zero-order valence-corrected chi connectivity index (χ0v) is 13.2. The van der Waals surface area contributed by atoms with Gasteiger partial charge in [-0.2, -0.15) is 0 Å². The molecule has 0 aliphatic heterocycles. The van der Waals surface area contributed by atoms with Crippen LogP contribution < -0.4 is 5.32 Å². The van der Waals surface area contributed by atoms with Gasteiger partial charge in [-0.3, -0.25) is 0 Å². The zero-order chi connectivity index (χ0) is 13.9. The van der Waals surface area contributed by atoms with Crippen molar-refractivity contribution in [3.63, 3.8) is 0 Å². The summed E-state index contributed by atoms with van der Waals surface area (Å²) in [6.45, 7) is 2.08. The van der Waals surface area contributed by atoms with Crippen LogP contribution in [0.3, 0.4) is 0 Å². The number of aromatic nitrogens is 2. The average molecular weight is 346 g/mol. The van der Waals surface area contributed by atoms with Crippen molar-refractivity contribution in [1.82, 2.24) is 10.2 Å². The standard InChI is InChI=1S/C15H12BrN3S/c1-10-7-8-11(16)9-13(10)14-18-19-15(20-14)17-12-5-3-2-4-6-12/h2-9H,1H3,(H,17,19). The van der Waals surface area contributed by atoms with Crippen molar-refractivity contribution in [1.29, 1.82) is 0 Å². The molecule has 3 rings (SSSR count). The number of rotatable bonds is 3. The lowest BCUT2D eigenvalue weighted by atomic mass is 10.1. The largest absolute Gasteiger partial charge is 0.330 e. The summed E-state index contributed by atoms with van der Waals surface area (Å²) in [6.07, 6.45) is 0. The Labute approximate surface area is 129 Å². The zero-order valence-electron chi connectivity index (χ0n) is 10.8. The Hall–Kier alpha value is -1.72. The molecular formula is C15H12BrN3S. The molecule has 2 aromatic carbocycles. The summed E-state index contributed by atoms with van der Waals surface area (Å²) >= 11 is 5.04. The first-order chi connectivity index (χ1) is 9.72. The minimum absolute atomic E-state index is 0.797. The van der Waals surface area contributed by atoms with Gasteiger partial charge < -0.3 is 5.32 Å². The molecule has 0 amide bonds. The first kappa shape index (κ1) is 13.3. The fourth-order valence-corrected chi connectivity index (χ4v) is 3.06. The van der Waals surface area contributed by atoms with Gasteiger partial charge in [0.1, 0.15) is 5.01 Å². The normalized spacial score (nSPS) is 10.5. The van der Waals surface area contributed by atoms with Gasteiger partial charge in [-0.15, -0.1) is 10.2 Å². The van der Waals surface area contributed by atoms with Gasteiger partial charge in [0.05, 0.1) is 0 Å². The molecule has 0 saturated carbocycles. The molecule has 0 radical (unpaired) electrons. The van der Waals surface area contributed by atoms with E-state index in [1.807, 2.05) is 36.4 Å². The molecule has 1 heterocycles. The summed E-state index contributed by atoms with van der Waals surface area (Å²) < 4.78 is 1.05. The van der Waals surface area contributed by atoms with E-state index >= 15 is 0 Å². The highest BCUT2D eigenvalue weighted by Crippen LogP contribution is 2.31. The molecule has 0 bridgehead atoms. The third-order valence-corrected chi connectivity index (χ3v) is 4.25. The molecule has 0 spiro atoms. The minimum atomic E-state index is 0.797. The molecule has 5 heteroatoms. The van der Waals surface area contributed by atoms with E-state index in [4.69, 9.17) is 0 Å². The van der Waals surface area contributed by atoms with E-state index in [2.05, 4.69) is 50.5 Å². The average Bonchev–Trinajstić information content (AvgIpc) is 2.91. The Morgan fingerprint density at radius 1 is 1.05 bits per heavy atom. The van der Waals surface area contributed by atoms with Gasteiger partial charge in [0.15, 0.2) is 0 Å². The van der Waals surface area contributed by atoms with Gasteiger partial charge in [-0.05, 0) is 36.8 Å². The molecule has 0 aliphatic carbocycles. The fourth-order valence-electron chi connectivity index (χ4n) is 1.85. The van der Waals surface area contributed by atoms with Crippen LogP contribution in [-0.2, 0) is 0 Å². The van der Waals surface area contributed by atoms with E-state index in [0.717, 1.165) is 25.9 Å². The molecule has 3 nitrogen and oxygen atoms in total. The van der Waals surface area contributed by atoms with Crippen LogP contribution >= 0.6 is 27.3 Å². The quantitative estimate of drug-likeness (QED) is 0.724. The Morgan fingerprint density at radius 3 is 2.65 bits per heavy atom. The minimum Gasteiger partial charge on any atom is -0.330 e. The molecule has 1 N–H and O–H groups in total. The number of benzene rings is 2. The predicted molar refractivity (Wildman–Crippen MR) is 87.5 cm³/mol. The van der Waals surface area contributed by atoms with Crippen LogP contribution in [0, 0.1) is 6.92 Å². The molecule has 0 fully saturated rings. The Balaban J connectivity index is 1.88. The van der Waals surface area contributed by atoms with Crippen LogP contribution in [0.2, 0.25) is 0 Å².